The lowest BCUT2D eigenvalue weighted by Gasteiger charge is -2.11. The zero-order chi connectivity index (χ0) is 19.0. The quantitative estimate of drug-likeness (QED) is 0.538. The molecule has 0 fully saturated rings. The van der Waals surface area contributed by atoms with E-state index in [-0.39, 0.29) is 28.0 Å². The maximum absolute atomic E-state index is 13.1. The number of hydrogen-bond acceptors (Lipinski definition) is 5. The van der Waals surface area contributed by atoms with Crippen molar-refractivity contribution in [1.29, 1.82) is 0 Å². The van der Waals surface area contributed by atoms with Crippen molar-refractivity contribution >= 4 is 16.8 Å². The van der Waals surface area contributed by atoms with E-state index >= 15 is 0 Å². The second-order valence-electron chi connectivity index (χ2n) is 6.03. The maximum atomic E-state index is 13.1. The molecule has 0 unspecified atom stereocenters. The van der Waals surface area contributed by atoms with Gasteiger partial charge in [-0.3, -0.25) is 9.59 Å². The Kier molecular flexibility index (Phi) is 3.97. The summed E-state index contributed by atoms with van der Waals surface area (Å²) in [7, 11) is 0. The van der Waals surface area contributed by atoms with Crippen molar-refractivity contribution in [2.24, 2.45) is 0 Å². The van der Waals surface area contributed by atoms with Gasteiger partial charge in [-0.2, -0.15) is 0 Å². The van der Waals surface area contributed by atoms with E-state index < -0.39 is 17.0 Å². The van der Waals surface area contributed by atoms with Gasteiger partial charge in [0, 0.05) is 23.3 Å². The molecule has 0 amide bonds. The van der Waals surface area contributed by atoms with Gasteiger partial charge in [-0.1, -0.05) is 60.7 Å². The lowest BCUT2D eigenvalue weighted by atomic mass is 9.97. The van der Waals surface area contributed by atoms with Crippen molar-refractivity contribution in [3.05, 3.63) is 94.1 Å². The highest BCUT2D eigenvalue weighted by molar-refractivity contribution is 6.13. The third-order valence-corrected chi connectivity index (χ3v) is 4.26. The molecule has 3 aromatic carbocycles. The summed E-state index contributed by atoms with van der Waals surface area (Å²) in [6, 6.07) is 19.4. The van der Waals surface area contributed by atoms with E-state index in [4.69, 9.17) is 4.42 Å². The van der Waals surface area contributed by atoms with Gasteiger partial charge in [0.2, 0.25) is 11.2 Å². The molecule has 27 heavy (non-hydrogen) atoms. The Morgan fingerprint density at radius 2 is 1.48 bits per heavy atom. The van der Waals surface area contributed by atoms with Crippen LogP contribution in [0.15, 0.2) is 82.0 Å². The van der Waals surface area contributed by atoms with Crippen LogP contribution in [0.3, 0.4) is 0 Å². The molecular weight excluding hydrogens is 344 g/mol. The van der Waals surface area contributed by atoms with Gasteiger partial charge in [-0.15, -0.1) is 0 Å². The lowest BCUT2D eigenvalue weighted by molar-refractivity contribution is 0.103. The molecule has 1 heterocycles. The van der Waals surface area contributed by atoms with Crippen LogP contribution in [0.2, 0.25) is 0 Å². The van der Waals surface area contributed by atoms with Crippen molar-refractivity contribution < 1.29 is 19.4 Å². The predicted molar refractivity (Wildman–Crippen MR) is 101 cm³/mol. The largest absolute Gasteiger partial charge is 0.508 e. The van der Waals surface area contributed by atoms with Crippen LogP contribution in [0, 0.1) is 0 Å². The van der Waals surface area contributed by atoms with Gasteiger partial charge < -0.3 is 14.6 Å². The van der Waals surface area contributed by atoms with Crippen molar-refractivity contribution in [3.8, 4) is 22.8 Å². The molecule has 5 heteroatoms. The summed E-state index contributed by atoms with van der Waals surface area (Å²) in [5.74, 6) is -1.10. The Labute approximate surface area is 153 Å². The average molecular weight is 358 g/mol. The summed E-state index contributed by atoms with van der Waals surface area (Å²) >= 11 is 0. The molecule has 1 aromatic heterocycles. The summed E-state index contributed by atoms with van der Waals surface area (Å²) in [4.78, 5) is 26.2. The summed E-state index contributed by atoms with van der Waals surface area (Å²) < 4.78 is 5.82. The maximum Gasteiger partial charge on any atom is 0.208 e. The number of phenolic OH excluding ortho intramolecular Hbond substituents is 2. The monoisotopic (exact) mass is 358 g/mol. The first-order valence-electron chi connectivity index (χ1n) is 8.24. The fourth-order valence-electron chi connectivity index (χ4n) is 3.02. The highest BCUT2D eigenvalue weighted by atomic mass is 16.3. The van der Waals surface area contributed by atoms with Crippen molar-refractivity contribution in [3.63, 3.8) is 0 Å². The van der Waals surface area contributed by atoms with Gasteiger partial charge >= 0.3 is 0 Å². The molecule has 5 nitrogen and oxygen atoms in total. The number of hydrogen-bond donors (Lipinski definition) is 2. The van der Waals surface area contributed by atoms with Crippen LogP contribution in [-0.4, -0.2) is 16.0 Å². The number of ketones is 1. The third-order valence-electron chi connectivity index (χ3n) is 4.26. The molecule has 0 aliphatic heterocycles. The Morgan fingerprint density at radius 3 is 2.15 bits per heavy atom. The molecule has 0 atom stereocenters. The summed E-state index contributed by atoms with van der Waals surface area (Å²) in [5, 5.41) is 19.7. The normalized spacial score (nSPS) is 10.8. The molecular formula is C22H14O5. The Balaban J connectivity index is 2.11. The van der Waals surface area contributed by atoms with Gasteiger partial charge in [0.1, 0.15) is 33.8 Å². The molecule has 2 N–H and O–H groups in total. The minimum Gasteiger partial charge on any atom is -0.508 e. The fourth-order valence-corrected chi connectivity index (χ4v) is 3.02. The first kappa shape index (κ1) is 16.6. The lowest BCUT2D eigenvalue weighted by Crippen LogP contribution is -2.18. The first-order valence-corrected chi connectivity index (χ1v) is 8.24. The molecule has 0 bridgehead atoms. The molecule has 4 rings (SSSR count). The Hall–Kier alpha value is -3.86. The predicted octanol–water partition coefficient (Wildman–Crippen LogP) is 4.10. The van der Waals surface area contributed by atoms with Gasteiger partial charge in [0.25, 0.3) is 0 Å². The molecule has 0 saturated carbocycles. The summed E-state index contributed by atoms with van der Waals surface area (Å²) in [5.41, 5.74) is 0.0570. The highest BCUT2D eigenvalue weighted by Gasteiger charge is 2.25. The number of phenols is 2. The Bertz CT molecular complexity index is 1210. The second kappa shape index (κ2) is 6.46. The number of rotatable bonds is 3. The van der Waals surface area contributed by atoms with Crippen LogP contribution >= 0.6 is 0 Å². The van der Waals surface area contributed by atoms with E-state index in [0.717, 1.165) is 6.07 Å². The third kappa shape index (κ3) is 2.85. The minimum atomic E-state index is -0.651. The van der Waals surface area contributed by atoms with Crippen LogP contribution in [0.25, 0.3) is 22.3 Å². The van der Waals surface area contributed by atoms with Crippen LogP contribution in [0.4, 0.5) is 0 Å². The number of benzene rings is 3. The molecule has 0 radical (unpaired) electrons. The van der Waals surface area contributed by atoms with Crippen LogP contribution in [0.5, 0.6) is 11.5 Å². The summed E-state index contributed by atoms with van der Waals surface area (Å²) in [6.45, 7) is 0. The minimum absolute atomic E-state index is 0.000893. The van der Waals surface area contributed by atoms with Crippen LogP contribution in [-0.2, 0) is 0 Å². The topological polar surface area (TPSA) is 87.7 Å². The van der Waals surface area contributed by atoms with E-state index in [0.29, 0.717) is 11.1 Å². The molecule has 0 aliphatic carbocycles. The molecule has 0 saturated heterocycles. The number of aromatic hydroxyl groups is 2. The van der Waals surface area contributed by atoms with E-state index in [1.54, 1.807) is 60.7 Å². The second-order valence-corrected chi connectivity index (χ2v) is 6.03. The number of carbonyl (C=O) groups excluding carboxylic acids is 1. The van der Waals surface area contributed by atoms with E-state index in [2.05, 4.69) is 0 Å². The van der Waals surface area contributed by atoms with Crippen molar-refractivity contribution in [2.45, 2.75) is 0 Å². The number of carbonyl (C=O) groups is 1. The molecule has 132 valence electrons. The SMILES string of the molecule is O=C(c1ccccc1)c1c(-c2ccccc2)oc2cc(O)cc(O)c2c1=O. The van der Waals surface area contributed by atoms with Crippen LogP contribution in [0.1, 0.15) is 15.9 Å². The highest BCUT2D eigenvalue weighted by Crippen LogP contribution is 2.33. The Morgan fingerprint density at radius 1 is 0.852 bits per heavy atom. The van der Waals surface area contributed by atoms with Gasteiger partial charge in [-0.05, 0) is 0 Å². The van der Waals surface area contributed by atoms with Crippen molar-refractivity contribution in [2.75, 3.05) is 0 Å². The van der Waals surface area contributed by atoms with E-state index in [1.807, 2.05) is 0 Å². The smallest absolute Gasteiger partial charge is 0.208 e. The van der Waals surface area contributed by atoms with E-state index in [1.165, 1.54) is 6.07 Å². The molecule has 0 spiro atoms. The molecule has 4 aromatic rings. The van der Waals surface area contributed by atoms with E-state index in [9.17, 15) is 19.8 Å². The van der Waals surface area contributed by atoms with Gasteiger partial charge in [0.15, 0.2) is 0 Å². The first-order chi connectivity index (χ1) is 13.1. The van der Waals surface area contributed by atoms with Crippen LogP contribution < -0.4 is 5.43 Å². The standard InChI is InChI=1S/C22H14O5/c23-15-11-16(24)18-17(12-15)27-22(14-9-5-2-6-10-14)19(21(18)26)20(25)13-7-3-1-4-8-13/h1-12,23-24H. The van der Waals surface area contributed by atoms with Gasteiger partial charge in [-0.25, -0.2) is 0 Å². The average Bonchev–Trinajstić information content (AvgIpc) is 2.68. The van der Waals surface area contributed by atoms with Crippen molar-refractivity contribution in [1.82, 2.24) is 0 Å². The molecule has 0 aliphatic rings. The van der Waals surface area contributed by atoms with Gasteiger partial charge in [0.05, 0.1) is 0 Å². The number of fused-ring (bicyclic) bond motifs is 1. The summed E-state index contributed by atoms with van der Waals surface area (Å²) in [6.07, 6.45) is 0. The zero-order valence-electron chi connectivity index (χ0n) is 14.0. The zero-order valence-corrected chi connectivity index (χ0v) is 14.0. The fraction of sp³-hybridized carbons (Fsp3) is 0.